The molecule has 1 aliphatic heterocycles. The average Bonchev–Trinajstić information content (AvgIpc) is 1.97. The van der Waals surface area contributed by atoms with E-state index in [4.69, 9.17) is 1.37 Å². The van der Waals surface area contributed by atoms with Crippen LogP contribution < -0.4 is 0 Å². The van der Waals surface area contributed by atoms with Crippen LogP contribution in [0, 0.1) is 17.2 Å². The summed E-state index contributed by atoms with van der Waals surface area (Å²) in [6.07, 6.45) is 1.15. The lowest BCUT2D eigenvalue weighted by atomic mass is 9.69. The summed E-state index contributed by atoms with van der Waals surface area (Å²) in [5.74, 6) is 0.183. The molecule has 1 fully saturated rings. The molecule has 1 saturated heterocycles. The minimum absolute atomic E-state index is 0.200. The zero-order valence-electron chi connectivity index (χ0n) is 12.6. The zero-order chi connectivity index (χ0) is 12.8. The maximum Gasteiger partial charge on any atom is 0.0316 e. The van der Waals surface area contributed by atoms with Crippen LogP contribution in [0.2, 0.25) is 0 Å². The van der Waals surface area contributed by atoms with Gasteiger partial charge in [0.15, 0.2) is 0 Å². The lowest BCUT2D eigenvalue weighted by molar-refractivity contribution is 0.0136. The fourth-order valence-electron chi connectivity index (χ4n) is 2.77. The summed E-state index contributed by atoms with van der Waals surface area (Å²) in [7, 11) is 0. The summed E-state index contributed by atoms with van der Waals surface area (Å²) in [6.45, 7) is 17.7. The highest BCUT2D eigenvalue weighted by molar-refractivity contribution is 4.89. The van der Waals surface area contributed by atoms with Gasteiger partial charge in [0.2, 0.25) is 0 Å². The Bertz CT molecular complexity index is 244. The molecule has 1 unspecified atom stereocenters. The summed E-state index contributed by atoms with van der Waals surface area (Å²) < 4.78 is 8.61. The lowest BCUT2D eigenvalue weighted by Gasteiger charge is -2.47. The van der Waals surface area contributed by atoms with Gasteiger partial charge in [-0.3, -0.25) is 4.90 Å². The molecule has 1 nitrogen and oxygen atoms in total. The van der Waals surface area contributed by atoms with Gasteiger partial charge in [-0.15, -0.1) is 0 Å². The van der Waals surface area contributed by atoms with Crippen LogP contribution in [-0.2, 0) is 0 Å². The maximum absolute atomic E-state index is 8.61. The Morgan fingerprint density at radius 3 is 2.00 bits per heavy atom. The van der Waals surface area contributed by atoms with Crippen LogP contribution in [0.25, 0.3) is 0 Å². The van der Waals surface area contributed by atoms with Gasteiger partial charge in [-0.25, -0.2) is 0 Å². The van der Waals surface area contributed by atoms with Crippen molar-refractivity contribution in [2.45, 2.75) is 60.4 Å². The fourth-order valence-corrected chi connectivity index (χ4v) is 2.77. The van der Waals surface area contributed by atoms with Crippen molar-refractivity contribution < 1.29 is 1.37 Å². The summed E-state index contributed by atoms with van der Waals surface area (Å²) in [6, 6.07) is 0. The maximum atomic E-state index is 8.61. The molecule has 0 N–H and O–H groups in total. The number of piperidine rings is 1. The predicted molar refractivity (Wildman–Crippen MR) is 68.1 cm³/mol. The van der Waals surface area contributed by atoms with Crippen LogP contribution in [-0.4, -0.2) is 23.5 Å². The Balaban J connectivity index is 2.82. The van der Waals surface area contributed by atoms with E-state index >= 15 is 0 Å². The fraction of sp³-hybridized carbons (Fsp3) is 1.00. The van der Waals surface area contributed by atoms with Gasteiger partial charge in [-0.05, 0) is 51.0 Å². The highest BCUT2D eigenvalue weighted by atomic mass is 15.2. The molecule has 0 bridgehead atoms. The van der Waals surface area contributed by atoms with Gasteiger partial charge in [0.25, 0.3) is 0 Å². The Labute approximate surface area is 97.6 Å². The Hall–Kier alpha value is -0.0400. The molecule has 0 amide bonds. The van der Waals surface area contributed by atoms with E-state index in [0.29, 0.717) is 5.92 Å². The molecule has 1 heteroatoms. The summed E-state index contributed by atoms with van der Waals surface area (Å²) in [5.41, 5.74) is 0.450. The van der Waals surface area contributed by atoms with Crippen molar-refractivity contribution in [3.8, 4) is 0 Å². The molecular weight excluding hydrogens is 182 g/mol. The van der Waals surface area contributed by atoms with Crippen molar-refractivity contribution in [3.05, 3.63) is 0 Å². The third kappa shape index (κ3) is 3.21. The van der Waals surface area contributed by atoms with Gasteiger partial charge in [0.05, 0.1) is 0 Å². The molecular formula is C14H29N. The molecule has 0 aromatic heterocycles. The molecule has 0 aromatic carbocycles. The Kier molecular flexibility index (Phi) is 3.12. The van der Waals surface area contributed by atoms with Crippen molar-refractivity contribution in [1.29, 1.82) is 0 Å². The van der Waals surface area contributed by atoms with Crippen molar-refractivity contribution in [3.63, 3.8) is 0 Å². The molecule has 1 aliphatic rings. The largest absolute Gasteiger partial charge is 0.298 e. The molecule has 90 valence electrons. The topological polar surface area (TPSA) is 3.24 Å². The molecule has 0 aliphatic carbocycles. The van der Waals surface area contributed by atoms with Crippen LogP contribution in [0.5, 0.6) is 0 Å². The van der Waals surface area contributed by atoms with Crippen molar-refractivity contribution >= 4 is 0 Å². The first-order chi connectivity index (χ1) is 6.94. The summed E-state index contributed by atoms with van der Waals surface area (Å²) in [4.78, 5) is 2.46. The van der Waals surface area contributed by atoms with E-state index in [-0.39, 0.29) is 16.8 Å². The van der Waals surface area contributed by atoms with Crippen LogP contribution in [0.3, 0.4) is 0 Å². The minimum atomic E-state index is -0.316. The molecule has 1 rings (SSSR count). The number of hydrogen-bond donors (Lipinski definition) is 0. The van der Waals surface area contributed by atoms with Crippen LogP contribution >= 0.6 is 0 Å². The molecule has 0 aromatic rings. The molecule has 2 atom stereocenters. The predicted octanol–water partition coefficient (Wildman–Crippen LogP) is 3.79. The molecule has 1 heterocycles. The van der Waals surface area contributed by atoms with Crippen LogP contribution in [0.4, 0.5) is 0 Å². The summed E-state index contributed by atoms with van der Waals surface area (Å²) in [5, 5.41) is 0. The normalized spacial score (nSPS) is 36.5. The first kappa shape index (κ1) is 11.4. The second kappa shape index (κ2) is 4.08. The molecule has 0 spiro atoms. The van der Waals surface area contributed by atoms with Gasteiger partial charge in [-0.1, -0.05) is 27.7 Å². The van der Waals surface area contributed by atoms with Gasteiger partial charge in [0.1, 0.15) is 0 Å². The molecule has 0 radical (unpaired) electrons. The van der Waals surface area contributed by atoms with E-state index in [2.05, 4.69) is 53.4 Å². The van der Waals surface area contributed by atoms with E-state index in [1.807, 2.05) is 0 Å². The Morgan fingerprint density at radius 2 is 1.67 bits per heavy atom. The monoisotopic (exact) mass is 212 g/mol. The number of nitrogens with zero attached hydrogens (tertiary/aromatic N) is 1. The quantitative estimate of drug-likeness (QED) is 0.590. The van der Waals surface area contributed by atoms with E-state index in [1.165, 1.54) is 0 Å². The number of rotatable bonds is 0. The van der Waals surface area contributed by atoms with Gasteiger partial charge >= 0.3 is 0 Å². The van der Waals surface area contributed by atoms with Crippen LogP contribution in [0.1, 0.15) is 56.3 Å². The smallest absolute Gasteiger partial charge is 0.0316 e. The highest BCUT2D eigenvalue weighted by Crippen LogP contribution is 2.39. The van der Waals surface area contributed by atoms with Crippen LogP contribution in [0.15, 0.2) is 0 Å². The van der Waals surface area contributed by atoms with Gasteiger partial charge < -0.3 is 0 Å². The second-order valence-corrected chi connectivity index (χ2v) is 7.15. The van der Waals surface area contributed by atoms with Crippen molar-refractivity contribution in [2.24, 2.45) is 17.2 Å². The SMILES string of the molecule is [2H][C@]1(C)CN(C(C)(C)C)CCC1C(C)(C)C. The van der Waals surface area contributed by atoms with Gasteiger partial charge in [0, 0.05) is 13.5 Å². The highest BCUT2D eigenvalue weighted by Gasteiger charge is 2.36. The zero-order valence-corrected chi connectivity index (χ0v) is 11.6. The van der Waals surface area contributed by atoms with Crippen molar-refractivity contribution in [1.82, 2.24) is 4.90 Å². The summed E-state index contributed by atoms with van der Waals surface area (Å²) >= 11 is 0. The lowest BCUT2D eigenvalue weighted by Crippen LogP contribution is -2.51. The van der Waals surface area contributed by atoms with E-state index in [0.717, 1.165) is 19.5 Å². The standard InChI is InChI=1S/C14H29N/c1-11-10-15(14(5,6)7)9-8-12(11)13(2,3)4/h11-12H,8-10H2,1-7H3/t11-,12?/m0/s1/i11D. The van der Waals surface area contributed by atoms with E-state index < -0.39 is 0 Å². The first-order valence-corrected chi connectivity index (χ1v) is 6.20. The Morgan fingerprint density at radius 1 is 1.13 bits per heavy atom. The average molecular weight is 212 g/mol. The first-order valence-electron chi connectivity index (χ1n) is 6.70. The number of likely N-dealkylation sites (tertiary alicyclic amines) is 1. The van der Waals surface area contributed by atoms with E-state index in [9.17, 15) is 0 Å². The van der Waals surface area contributed by atoms with E-state index in [1.54, 1.807) is 0 Å². The third-order valence-electron chi connectivity index (χ3n) is 3.72. The molecule has 0 saturated carbocycles. The minimum Gasteiger partial charge on any atom is -0.298 e. The number of hydrogen-bond acceptors (Lipinski definition) is 1. The molecule has 15 heavy (non-hydrogen) atoms. The second-order valence-electron chi connectivity index (χ2n) is 7.15. The van der Waals surface area contributed by atoms with Crippen molar-refractivity contribution in [2.75, 3.05) is 13.1 Å². The van der Waals surface area contributed by atoms with Gasteiger partial charge in [-0.2, -0.15) is 0 Å². The third-order valence-corrected chi connectivity index (χ3v) is 3.72.